The van der Waals surface area contributed by atoms with Gasteiger partial charge in [-0.05, 0) is 40.7 Å². The monoisotopic (exact) mass is 344 g/mol. The van der Waals surface area contributed by atoms with Gasteiger partial charge in [0.15, 0.2) is 5.78 Å². The van der Waals surface area contributed by atoms with Crippen molar-refractivity contribution in [1.29, 1.82) is 0 Å². The van der Waals surface area contributed by atoms with Gasteiger partial charge in [-0.15, -0.1) is 11.3 Å². The van der Waals surface area contributed by atoms with Gasteiger partial charge in [0.25, 0.3) is 0 Å². The topological polar surface area (TPSA) is 23.6 Å². The Kier molecular flexibility index (Phi) is 5.57. The molecule has 1 fully saturated rings. The van der Waals surface area contributed by atoms with Crippen LogP contribution in [0.5, 0.6) is 0 Å². The van der Waals surface area contributed by atoms with Gasteiger partial charge >= 0.3 is 0 Å². The molecular formula is C14H21BrN2OS. The molecule has 0 saturated carbocycles. The normalized spacial score (nSPS) is 19.5. The Labute approximate surface area is 127 Å². The van der Waals surface area contributed by atoms with Crippen molar-refractivity contribution in [3.8, 4) is 0 Å². The predicted octanol–water partition coefficient (Wildman–Crippen LogP) is 3.11. The van der Waals surface area contributed by atoms with E-state index in [2.05, 4.69) is 39.6 Å². The van der Waals surface area contributed by atoms with Crippen LogP contribution in [-0.2, 0) is 0 Å². The van der Waals surface area contributed by atoms with Gasteiger partial charge in [-0.3, -0.25) is 14.6 Å². The third-order valence-electron chi connectivity index (χ3n) is 3.86. The third kappa shape index (κ3) is 3.88. The zero-order chi connectivity index (χ0) is 13.8. The molecule has 5 heteroatoms. The van der Waals surface area contributed by atoms with Crippen LogP contribution in [0.25, 0.3) is 0 Å². The quantitative estimate of drug-likeness (QED) is 0.766. The van der Waals surface area contributed by atoms with Crippen molar-refractivity contribution in [2.45, 2.75) is 26.3 Å². The van der Waals surface area contributed by atoms with Crippen molar-refractivity contribution < 1.29 is 4.79 Å². The van der Waals surface area contributed by atoms with Crippen LogP contribution in [0.15, 0.2) is 15.9 Å². The number of Topliss-reactive ketones (excluding diaryl/α,β-unsaturated/α-hetero) is 1. The molecule has 0 amide bonds. The standard InChI is InChI=1S/C14H21BrN2OS/c1-3-11(2)17-7-5-16(6-8-17)10-13(18)14-12(15)4-9-19-14/h4,9,11H,3,5-8,10H2,1-2H3. The average molecular weight is 345 g/mol. The molecule has 106 valence electrons. The van der Waals surface area contributed by atoms with E-state index in [4.69, 9.17) is 0 Å². The van der Waals surface area contributed by atoms with Crippen molar-refractivity contribution in [3.63, 3.8) is 0 Å². The van der Waals surface area contributed by atoms with Gasteiger partial charge in [0, 0.05) is 36.7 Å². The van der Waals surface area contributed by atoms with Crippen molar-refractivity contribution in [2.75, 3.05) is 32.7 Å². The second-order valence-electron chi connectivity index (χ2n) is 5.09. The summed E-state index contributed by atoms with van der Waals surface area (Å²) in [6, 6.07) is 2.60. The Morgan fingerprint density at radius 1 is 1.42 bits per heavy atom. The molecular weight excluding hydrogens is 324 g/mol. The molecule has 1 saturated heterocycles. The number of hydrogen-bond acceptors (Lipinski definition) is 4. The first-order chi connectivity index (χ1) is 9.11. The lowest BCUT2D eigenvalue weighted by atomic mass is 10.2. The SMILES string of the molecule is CCC(C)N1CCN(CC(=O)c2sccc2Br)CC1. The molecule has 2 heterocycles. The molecule has 0 bridgehead atoms. The van der Waals surface area contributed by atoms with E-state index in [1.807, 2.05) is 11.4 Å². The van der Waals surface area contributed by atoms with E-state index in [0.717, 1.165) is 35.5 Å². The Morgan fingerprint density at radius 2 is 2.11 bits per heavy atom. The fraction of sp³-hybridized carbons (Fsp3) is 0.643. The Balaban J connectivity index is 1.83. The largest absolute Gasteiger partial charge is 0.298 e. The number of hydrogen-bond donors (Lipinski definition) is 0. The maximum atomic E-state index is 12.2. The number of rotatable bonds is 5. The molecule has 0 aromatic carbocycles. The van der Waals surface area contributed by atoms with Crippen LogP contribution in [-0.4, -0.2) is 54.3 Å². The fourth-order valence-electron chi connectivity index (χ4n) is 2.39. The minimum atomic E-state index is 0.235. The molecule has 19 heavy (non-hydrogen) atoms. The molecule has 1 aromatic heterocycles. The van der Waals surface area contributed by atoms with Gasteiger partial charge < -0.3 is 0 Å². The van der Waals surface area contributed by atoms with Gasteiger partial charge in [-0.25, -0.2) is 0 Å². The zero-order valence-corrected chi connectivity index (χ0v) is 14.0. The summed E-state index contributed by atoms with van der Waals surface area (Å²) in [5.41, 5.74) is 0. The summed E-state index contributed by atoms with van der Waals surface area (Å²) in [7, 11) is 0. The van der Waals surface area contributed by atoms with E-state index < -0.39 is 0 Å². The molecule has 1 atom stereocenters. The van der Waals surface area contributed by atoms with E-state index in [-0.39, 0.29) is 5.78 Å². The summed E-state index contributed by atoms with van der Waals surface area (Å²) in [5, 5.41) is 1.96. The number of halogens is 1. The first kappa shape index (κ1) is 15.2. The van der Waals surface area contributed by atoms with Gasteiger partial charge in [0.2, 0.25) is 0 Å². The number of thiophene rings is 1. The number of piperazine rings is 1. The summed E-state index contributed by atoms with van der Waals surface area (Å²) in [5.74, 6) is 0.235. The van der Waals surface area contributed by atoms with Crippen LogP contribution in [0, 0.1) is 0 Å². The van der Waals surface area contributed by atoms with Gasteiger partial charge in [0.1, 0.15) is 0 Å². The van der Waals surface area contributed by atoms with Crippen molar-refractivity contribution >= 4 is 33.0 Å². The van der Waals surface area contributed by atoms with Gasteiger partial charge in [-0.2, -0.15) is 0 Å². The highest BCUT2D eigenvalue weighted by atomic mass is 79.9. The van der Waals surface area contributed by atoms with Crippen LogP contribution in [0.4, 0.5) is 0 Å². The average Bonchev–Trinajstić information content (AvgIpc) is 2.85. The minimum Gasteiger partial charge on any atom is -0.298 e. The van der Waals surface area contributed by atoms with Gasteiger partial charge in [0.05, 0.1) is 11.4 Å². The molecule has 1 aliphatic heterocycles. The lowest BCUT2D eigenvalue weighted by Crippen LogP contribution is -2.50. The van der Waals surface area contributed by atoms with E-state index in [1.165, 1.54) is 17.8 Å². The third-order valence-corrected chi connectivity index (χ3v) is 5.74. The summed E-state index contributed by atoms with van der Waals surface area (Å²) in [6.07, 6.45) is 1.20. The maximum Gasteiger partial charge on any atom is 0.187 e. The van der Waals surface area contributed by atoms with Crippen LogP contribution in [0.1, 0.15) is 29.9 Å². The second-order valence-corrected chi connectivity index (χ2v) is 6.86. The molecule has 2 rings (SSSR count). The molecule has 0 spiro atoms. The molecule has 1 aromatic rings. The lowest BCUT2D eigenvalue weighted by Gasteiger charge is -2.37. The molecule has 1 aliphatic rings. The van der Waals surface area contributed by atoms with Gasteiger partial charge in [-0.1, -0.05) is 6.92 Å². The van der Waals surface area contributed by atoms with Crippen molar-refractivity contribution in [3.05, 3.63) is 20.8 Å². The highest BCUT2D eigenvalue weighted by Crippen LogP contribution is 2.23. The smallest absolute Gasteiger partial charge is 0.187 e. The zero-order valence-electron chi connectivity index (χ0n) is 11.6. The first-order valence-corrected chi connectivity index (χ1v) is 8.51. The summed E-state index contributed by atoms with van der Waals surface area (Å²) in [6.45, 7) is 9.21. The summed E-state index contributed by atoms with van der Waals surface area (Å²) >= 11 is 4.95. The van der Waals surface area contributed by atoms with E-state index in [0.29, 0.717) is 12.6 Å². The number of carbonyl (C=O) groups is 1. The molecule has 3 nitrogen and oxygen atoms in total. The Morgan fingerprint density at radius 3 is 2.63 bits per heavy atom. The highest BCUT2D eigenvalue weighted by molar-refractivity contribution is 9.10. The van der Waals surface area contributed by atoms with Crippen molar-refractivity contribution in [1.82, 2.24) is 9.80 Å². The Bertz CT molecular complexity index is 427. The predicted molar refractivity (Wildman–Crippen MR) is 84.1 cm³/mol. The number of nitrogens with zero attached hydrogens (tertiary/aromatic N) is 2. The molecule has 0 N–H and O–H groups in total. The van der Waals surface area contributed by atoms with Crippen LogP contribution >= 0.6 is 27.3 Å². The number of ketones is 1. The van der Waals surface area contributed by atoms with E-state index in [9.17, 15) is 4.79 Å². The summed E-state index contributed by atoms with van der Waals surface area (Å²) in [4.78, 5) is 17.8. The summed E-state index contributed by atoms with van der Waals surface area (Å²) < 4.78 is 0.931. The molecule has 0 aliphatic carbocycles. The highest BCUT2D eigenvalue weighted by Gasteiger charge is 2.22. The first-order valence-electron chi connectivity index (χ1n) is 6.84. The fourth-order valence-corrected chi connectivity index (χ4v) is 3.91. The maximum absolute atomic E-state index is 12.2. The van der Waals surface area contributed by atoms with E-state index in [1.54, 1.807) is 0 Å². The lowest BCUT2D eigenvalue weighted by molar-refractivity contribution is 0.0787. The van der Waals surface area contributed by atoms with Crippen molar-refractivity contribution in [2.24, 2.45) is 0 Å². The molecule has 0 radical (unpaired) electrons. The van der Waals surface area contributed by atoms with Crippen LogP contribution in [0.3, 0.4) is 0 Å². The Hall–Kier alpha value is -0.230. The number of carbonyl (C=O) groups excluding carboxylic acids is 1. The van der Waals surface area contributed by atoms with E-state index >= 15 is 0 Å². The minimum absolute atomic E-state index is 0.235. The molecule has 1 unspecified atom stereocenters. The second kappa shape index (κ2) is 6.97. The van der Waals surface area contributed by atoms with Crippen LogP contribution in [0.2, 0.25) is 0 Å². The van der Waals surface area contributed by atoms with Crippen LogP contribution < -0.4 is 0 Å².